The topological polar surface area (TPSA) is 72.7 Å². The third kappa shape index (κ3) is 2.82. The number of nitrogens with zero attached hydrogens (tertiary/aromatic N) is 4. The van der Waals surface area contributed by atoms with E-state index in [0.29, 0.717) is 16.8 Å². The van der Waals surface area contributed by atoms with Crippen LogP contribution in [0.1, 0.15) is 32.6 Å². The lowest BCUT2D eigenvalue weighted by molar-refractivity contribution is -0.119. The first-order valence-electron chi connectivity index (χ1n) is 7.28. The van der Waals surface area contributed by atoms with Crippen molar-refractivity contribution in [3.05, 3.63) is 0 Å². The largest absolute Gasteiger partial charge is 0.353 e. The molecule has 0 radical (unpaired) electrons. The predicted octanol–water partition coefficient (Wildman–Crippen LogP) is 1.24. The number of hydrogen-bond donors (Lipinski definition) is 1. The Morgan fingerprint density at radius 2 is 2.35 bits per heavy atom. The van der Waals surface area contributed by atoms with Gasteiger partial charge in [0.2, 0.25) is 11.1 Å². The summed E-state index contributed by atoms with van der Waals surface area (Å²) in [5.41, 5.74) is 0. The summed E-state index contributed by atoms with van der Waals surface area (Å²) >= 11 is 1.38. The number of nitrogens with one attached hydrogen (secondary N) is 1. The molecule has 2 aliphatic rings. The van der Waals surface area contributed by atoms with E-state index in [1.165, 1.54) is 37.4 Å². The highest BCUT2D eigenvalue weighted by molar-refractivity contribution is 7.99. The van der Waals surface area contributed by atoms with Gasteiger partial charge >= 0.3 is 0 Å². The van der Waals surface area contributed by atoms with Crippen molar-refractivity contribution in [1.29, 1.82) is 0 Å². The number of fused-ring (bicyclic) bond motifs is 2. The molecule has 1 aromatic heterocycles. The molecule has 0 saturated heterocycles. The van der Waals surface area contributed by atoms with Gasteiger partial charge in [-0.25, -0.2) is 4.68 Å². The van der Waals surface area contributed by atoms with Crippen LogP contribution in [0.25, 0.3) is 0 Å². The Bertz CT molecular complexity index is 491. The SMILES string of the molecule is CC(NC(=O)CSc1nnnn1C)C1CC2CCC1C2. The smallest absolute Gasteiger partial charge is 0.230 e. The average Bonchev–Trinajstić information content (AvgIpc) is 3.12. The molecule has 3 rings (SSSR count). The van der Waals surface area contributed by atoms with Crippen molar-refractivity contribution in [2.24, 2.45) is 24.8 Å². The van der Waals surface area contributed by atoms with E-state index >= 15 is 0 Å². The minimum absolute atomic E-state index is 0.0771. The minimum atomic E-state index is 0.0771. The first-order chi connectivity index (χ1) is 9.63. The number of amides is 1. The van der Waals surface area contributed by atoms with E-state index < -0.39 is 0 Å². The summed E-state index contributed by atoms with van der Waals surface area (Å²) in [5, 5.41) is 15.0. The lowest BCUT2D eigenvalue weighted by atomic mass is 9.84. The molecule has 2 aliphatic carbocycles. The number of carbonyl (C=O) groups is 1. The molecular weight excluding hydrogens is 274 g/mol. The molecule has 20 heavy (non-hydrogen) atoms. The van der Waals surface area contributed by atoms with E-state index in [4.69, 9.17) is 0 Å². The van der Waals surface area contributed by atoms with Gasteiger partial charge in [0.15, 0.2) is 0 Å². The van der Waals surface area contributed by atoms with Crippen molar-refractivity contribution in [2.75, 3.05) is 5.75 Å². The lowest BCUT2D eigenvalue weighted by Gasteiger charge is -2.28. The van der Waals surface area contributed by atoms with Gasteiger partial charge in [-0.3, -0.25) is 4.79 Å². The van der Waals surface area contributed by atoms with Crippen LogP contribution in [0.4, 0.5) is 0 Å². The van der Waals surface area contributed by atoms with Gasteiger partial charge in [0.25, 0.3) is 0 Å². The number of tetrazole rings is 1. The third-order valence-corrected chi connectivity index (χ3v) is 5.75. The zero-order valence-corrected chi connectivity index (χ0v) is 12.8. The molecule has 1 N–H and O–H groups in total. The molecule has 0 aliphatic heterocycles. The lowest BCUT2D eigenvalue weighted by Crippen LogP contribution is -2.40. The summed E-state index contributed by atoms with van der Waals surface area (Å²) in [6, 6.07) is 0.288. The van der Waals surface area contributed by atoms with Crippen LogP contribution < -0.4 is 5.32 Å². The van der Waals surface area contributed by atoms with Crippen LogP contribution in [0.15, 0.2) is 5.16 Å². The number of aromatic nitrogens is 4. The molecule has 6 nitrogen and oxygen atoms in total. The van der Waals surface area contributed by atoms with E-state index in [9.17, 15) is 4.79 Å². The van der Waals surface area contributed by atoms with Crippen molar-refractivity contribution >= 4 is 17.7 Å². The fourth-order valence-corrected chi connectivity index (χ4v) is 4.44. The fraction of sp³-hybridized carbons (Fsp3) is 0.846. The normalized spacial score (nSPS) is 29.6. The first kappa shape index (κ1) is 13.9. The molecule has 2 bridgehead atoms. The summed E-state index contributed by atoms with van der Waals surface area (Å²) in [4.78, 5) is 12.0. The summed E-state index contributed by atoms with van der Waals surface area (Å²) < 4.78 is 1.58. The van der Waals surface area contributed by atoms with Crippen LogP contribution in [0.5, 0.6) is 0 Å². The molecule has 1 aromatic rings. The molecule has 0 spiro atoms. The van der Waals surface area contributed by atoms with Crippen LogP contribution in [-0.2, 0) is 11.8 Å². The van der Waals surface area contributed by atoms with Gasteiger partial charge in [-0.1, -0.05) is 18.2 Å². The quantitative estimate of drug-likeness (QED) is 0.828. The van der Waals surface area contributed by atoms with Crippen molar-refractivity contribution < 1.29 is 4.79 Å². The average molecular weight is 295 g/mol. The van der Waals surface area contributed by atoms with Gasteiger partial charge in [0, 0.05) is 13.1 Å². The van der Waals surface area contributed by atoms with Gasteiger partial charge in [-0.15, -0.1) is 5.10 Å². The van der Waals surface area contributed by atoms with Gasteiger partial charge in [0.05, 0.1) is 5.75 Å². The standard InChI is InChI=1S/C13H21N5OS/c1-8(11-6-9-3-4-10(11)5-9)14-12(19)7-20-13-15-16-17-18(13)2/h8-11H,3-7H2,1-2H3,(H,14,19). The van der Waals surface area contributed by atoms with Gasteiger partial charge in [-0.2, -0.15) is 0 Å². The molecule has 4 atom stereocenters. The van der Waals surface area contributed by atoms with Gasteiger partial charge < -0.3 is 5.32 Å². The Labute approximate surface area is 123 Å². The Hall–Kier alpha value is -1.11. The first-order valence-corrected chi connectivity index (χ1v) is 8.26. The zero-order valence-electron chi connectivity index (χ0n) is 12.0. The molecule has 1 amide bonds. The second-order valence-corrected chi connectivity index (χ2v) is 7.01. The molecule has 0 aromatic carbocycles. The van der Waals surface area contributed by atoms with Gasteiger partial charge in [0.1, 0.15) is 0 Å². The second-order valence-electron chi connectivity index (χ2n) is 6.07. The number of aryl methyl sites for hydroxylation is 1. The number of hydrogen-bond acceptors (Lipinski definition) is 5. The highest BCUT2D eigenvalue weighted by Crippen LogP contribution is 2.49. The highest BCUT2D eigenvalue weighted by Gasteiger charge is 2.42. The Kier molecular flexibility index (Phi) is 3.96. The number of thioether (sulfide) groups is 1. The van der Waals surface area contributed by atoms with E-state index in [1.54, 1.807) is 11.7 Å². The summed E-state index contributed by atoms with van der Waals surface area (Å²) in [7, 11) is 1.78. The van der Waals surface area contributed by atoms with Crippen LogP contribution in [0.3, 0.4) is 0 Å². The van der Waals surface area contributed by atoms with Crippen molar-refractivity contribution in [2.45, 2.75) is 43.8 Å². The van der Waals surface area contributed by atoms with E-state index in [0.717, 1.165) is 11.8 Å². The Balaban J connectivity index is 1.45. The van der Waals surface area contributed by atoms with Crippen LogP contribution in [0.2, 0.25) is 0 Å². The molecule has 7 heteroatoms. The maximum atomic E-state index is 12.0. The Morgan fingerprint density at radius 3 is 2.95 bits per heavy atom. The van der Waals surface area contributed by atoms with E-state index in [-0.39, 0.29) is 11.9 Å². The highest BCUT2D eigenvalue weighted by atomic mass is 32.2. The van der Waals surface area contributed by atoms with Crippen molar-refractivity contribution in [3.63, 3.8) is 0 Å². The van der Waals surface area contributed by atoms with Crippen LogP contribution in [0, 0.1) is 17.8 Å². The molecule has 1 heterocycles. The molecule has 4 unspecified atom stereocenters. The zero-order chi connectivity index (χ0) is 14.1. The maximum Gasteiger partial charge on any atom is 0.230 e. The second kappa shape index (κ2) is 5.71. The summed E-state index contributed by atoms with van der Waals surface area (Å²) in [6.45, 7) is 2.15. The molecule has 110 valence electrons. The monoisotopic (exact) mass is 295 g/mol. The third-order valence-electron chi connectivity index (χ3n) is 4.74. The Morgan fingerprint density at radius 1 is 1.50 bits per heavy atom. The molecular formula is C13H21N5OS. The summed E-state index contributed by atoms with van der Waals surface area (Å²) in [5.74, 6) is 2.89. The van der Waals surface area contributed by atoms with Crippen molar-refractivity contribution in [3.8, 4) is 0 Å². The number of rotatable bonds is 5. The summed E-state index contributed by atoms with van der Waals surface area (Å²) in [6.07, 6.45) is 5.43. The molecule has 2 fully saturated rings. The van der Waals surface area contributed by atoms with Gasteiger partial charge in [-0.05, 0) is 54.4 Å². The number of carbonyl (C=O) groups excluding carboxylic acids is 1. The predicted molar refractivity (Wildman–Crippen MR) is 76.1 cm³/mol. The van der Waals surface area contributed by atoms with E-state index in [2.05, 4.69) is 27.8 Å². The maximum absolute atomic E-state index is 12.0. The van der Waals surface area contributed by atoms with E-state index in [1.807, 2.05) is 0 Å². The minimum Gasteiger partial charge on any atom is -0.353 e. The van der Waals surface area contributed by atoms with Crippen LogP contribution in [-0.4, -0.2) is 37.9 Å². The molecule has 2 saturated carbocycles. The fourth-order valence-electron chi connectivity index (χ4n) is 3.78. The van der Waals surface area contributed by atoms with Crippen LogP contribution >= 0.6 is 11.8 Å². The van der Waals surface area contributed by atoms with Crippen molar-refractivity contribution in [1.82, 2.24) is 25.5 Å².